The van der Waals surface area contributed by atoms with Crippen LogP contribution in [0.1, 0.15) is 12.5 Å². The molecule has 0 radical (unpaired) electrons. The number of hydrogen-bond acceptors (Lipinski definition) is 2. The van der Waals surface area contributed by atoms with E-state index in [-0.39, 0.29) is 6.10 Å². The lowest BCUT2D eigenvalue weighted by molar-refractivity contribution is 0.246. The minimum atomic E-state index is 0.200. The van der Waals surface area contributed by atoms with E-state index in [0.29, 0.717) is 0 Å². The maximum atomic E-state index is 5.77. The van der Waals surface area contributed by atoms with Crippen LogP contribution in [-0.4, -0.2) is 18.5 Å². The summed E-state index contributed by atoms with van der Waals surface area (Å²) in [7, 11) is 0. The largest absolute Gasteiger partial charge is 0.472 e. The first-order valence-corrected chi connectivity index (χ1v) is 4.60. The van der Waals surface area contributed by atoms with Crippen molar-refractivity contribution >= 4 is 17.5 Å². The molecule has 0 N–H and O–H groups in total. The van der Waals surface area contributed by atoms with Crippen molar-refractivity contribution in [3.05, 3.63) is 34.9 Å². The summed E-state index contributed by atoms with van der Waals surface area (Å²) in [5, 5.41) is 0.732. The maximum absolute atomic E-state index is 5.77. The maximum Gasteiger partial charge on any atom is 0.216 e. The topological polar surface area (TPSA) is 21.6 Å². The van der Waals surface area contributed by atoms with E-state index >= 15 is 0 Å². The highest BCUT2D eigenvalue weighted by molar-refractivity contribution is 6.30. The zero-order valence-electron chi connectivity index (χ0n) is 7.33. The van der Waals surface area contributed by atoms with Crippen LogP contribution in [0, 0.1) is 0 Å². The highest BCUT2D eigenvalue weighted by Gasteiger charge is 2.15. The van der Waals surface area contributed by atoms with Crippen LogP contribution in [-0.2, 0) is 4.74 Å². The van der Waals surface area contributed by atoms with Crippen molar-refractivity contribution in [3.63, 3.8) is 0 Å². The van der Waals surface area contributed by atoms with Crippen molar-refractivity contribution in [1.29, 1.82) is 0 Å². The van der Waals surface area contributed by atoms with Gasteiger partial charge in [-0.3, -0.25) is 0 Å². The molecule has 1 aliphatic rings. The van der Waals surface area contributed by atoms with Gasteiger partial charge in [0.25, 0.3) is 0 Å². The lowest BCUT2D eigenvalue weighted by Crippen LogP contribution is -2.08. The fourth-order valence-corrected chi connectivity index (χ4v) is 1.35. The molecule has 0 aliphatic carbocycles. The first-order chi connectivity index (χ1) is 6.25. The molecule has 3 heteroatoms. The third kappa shape index (κ3) is 1.83. The van der Waals surface area contributed by atoms with Crippen molar-refractivity contribution in [1.82, 2.24) is 0 Å². The zero-order chi connectivity index (χ0) is 9.26. The summed E-state index contributed by atoms with van der Waals surface area (Å²) in [6, 6.07) is 7.51. The van der Waals surface area contributed by atoms with Crippen LogP contribution in [0.5, 0.6) is 0 Å². The normalized spacial score (nSPS) is 21.1. The third-order valence-corrected chi connectivity index (χ3v) is 2.15. The predicted octanol–water partition coefficient (Wildman–Crippen LogP) is 2.51. The highest BCUT2D eigenvalue weighted by Crippen LogP contribution is 2.14. The van der Waals surface area contributed by atoms with Gasteiger partial charge in [-0.15, -0.1) is 0 Å². The van der Waals surface area contributed by atoms with Gasteiger partial charge in [-0.25, -0.2) is 4.99 Å². The molecule has 1 unspecified atom stereocenters. The van der Waals surface area contributed by atoms with Crippen molar-refractivity contribution in [3.8, 4) is 0 Å². The quantitative estimate of drug-likeness (QED) is 0.675. The predicted molar refractivity (Wildman–Crippen MR) is 53.4 cm³/mol. The standard InChI is InChI=1S/C10H10ClNO/c1-7-6-12-10(13-7)8-2-4-9(11)5-3-8/h2-5,7H,6H2,1H3. The van der Waals surface area contributed by atoms with Crippen LogP contribution in [0.2, 0.25) is 5.02 Å². The molecule has 1 aromatic rings. The SMILES string of the molecule is CC1CN=C(c2ccc(Cl)cc2)O1. The summed E-state index contributed by atoms with van der Waals surface area (Å²) >= 11 is 5.77. The highest BCUT2D eigenvalue weighted by atomic mass is 35.5. The molecule has 1 aliphatic heterocycles. The van der Waals surface area contributed by atoms with Crippen molar-refractivity contribution in [2.75, 3.05) is 6.54 Å². The third-order valence-electron chi connectivity index (χ3n) is 1.90. The average molecular weight is 196 g/mol. The van der Waals surface area contributed by atoms with Gasteiger partial charge in [0, 0.05) is 10.6 Å². The summed E-state index contributed by atoms with van der Waals surface area (Å²) in [4.78, 5) is 4.27. The molecule has 1 atom stereocenters. The van der Waals surface area contributed by atoms with Gasteiger partial charge in [-0.05, 0) is 31.2 Å². The molecule has 0 saturated carbocycles. The molecule has 1 aromatic carbocycles. The second-order valence-electron chi connectivity index (χ2n) is 3.08. The van der Waals surface area contributed by atoms with E-state index in [1.807, 2.05) is 31.2 Å². The average Bonchev–Trinajstić information content (AvgIpc) is 2.53. The smallest absolute Gasteiger partial charge is 0.216 e. The molecule has 13 heavy (non-hydrogen) atoms. The number of ether oxygens (including phenoxy) is 1. The first-order valence-electron chi connectivity index (χ1n) is 4.23. The summed E-state index contributed by atoms with van der Waals surface area (Å²) in [5.41, 5.74) is 0.994. The molecule has 0 spiro atoms. The van der Waals surface area contributed by atoms with E-state index in [0.717, 1.165) is 23.0 Å². The second-order valence-corrected chi connectivity index (χ2v) is 3.52. The minimum absolute atomic E-state index is 0.200. The van der Waals surface area contributed by atoms with Gasteiger partial charge < -0.3 is 4.74 Å². The molecule has 2 rings (SSSR count). The Labute approximate surface area is 82.2 Å². The van der Waals surface area contributed by atoms with E-state index < -0.39 is 0 Å². The van der Waals surface area contributed by atoms with E-state index in [4.69, 9.17) is 16.3 Å². The summed E-state index contributed by atoms with van der Waals surface area (Å²) in [5.74, 6) is 0.726. The Bertz CT molecular complexity index is 331. The molecule has 1 heterocycles. The molecular weight excluding hydrogens is 186 g/mol. The number of halogens is 1. The first kappa shape index (κ1) is 8.57. The molecule has 0 bridgehead atoms. The van der Waals surface area contributed by atoms with Crippen LogP contribution in [0.15, 0.2) is 29.3 Å². The van der Waals surface area contributed by atoms with Gasteiger partial charge >= 0.3 is 0 Å². The van der Waals surface area contributed by atoms with Crippen LogP contribution in [0.3, 0.4) is 0 Å². The fraction of sp³-hybridized carbons (Fsp3) is 0.300. The molecule has 0 amide bonds. The minimum Gasteiger partial charge on any atom is -0.472 e. The van der Waals surface area contributed by atoms with Gasteiger partial charge in [-0.2, -0.15) is 0 Å². The van der Waals surface area contributed by atoms with Gasteiger partial charge in [0.1, 0.15) is 6.10 Å². The Balaban J connectivity index is 2.22. The van der Waals surface area contributed by atoms with Crippen LogP contribution >= 0.6 is 11.6 Å². The summed E-state index contributed by atoms with van der Waals surface area (Å²) in [6.07, 6.45) is 0.200. The molecular formula is C10H10ClNO. The molecule has 2 nitrogen and oxygen atoms in total. The number of aliphatic imine (C=N–C) groups is 1. The number of hydrogen-bond donors (Lipinski definition) is 0. The van der Waals surface area contributed by atoms with E-state index in [9.17, 15) is 0 Å². The zero-order valence-corrected chi connectivity index (χ0v) is 8.08. The lowest BCUT2D eigenvalue weighted by atomic mass is 10.2. The summed E-state index contributed by atoms with van der Waals surface area (Å²) < 4.78 is 5.49. The van der Waals surface area contributed by atoms with Crippen LogP contribution < -0.4 is 0 Å². The second kappa shape index (κ2) is 3.38. The Morgan fingerprint density at radius 2 is 2.08 bits per heavy atom. The van der Waals surface area contributed by atoms with Crippen LogP contribution in [0.25, 0.3) is 0 Å². The number of rotatable bonds is 1. The van der Waals surface area contributed by atoms with E-state index in [1.165, 1.54) is 0 Å². The Hall–Kier alpha value is -1.02. The Morgan fingerprint density at radius 3 is 2.62 bits per heavy atom. The van der Waals surface area contributed by atoms with Crippen molar-refractivity contribution in [2.24, 2.45) is 4.99 Å². The lowest BCUT2D eigenvalue weighted by Gasteiger charge is -2.04. The van der Waals surface area contributed by atoms with Crippen LogP contribution in [0.4, 0.5) is 0 Å². The van der Waals surface area contributed by atoms with Gasteiger partial charge in [0.2, 0.25) is 5.90 Å². The van der Waals surface area contributed by atoms with Gasteiger partial charge in [-0.1, -0.05) is 11.6 Å². The van der Waals surface area contributed by atoms with Crippen molar-refractivity contribution in [2.45, 2.75) is 13.0 Å². The van der Waals surface area contributed by atoms with Crippen molar-refractivity contribution < 1.29 is 4.74 Å². The molecule has 68 valence electrons. The number of nitrogens with zero attached hydrogens (tertiary/aromatic N) is 1. The molecule has 0 fully saturated rings. The van der Waals surface area contributed by atoms with Gasteiger partial charge in [0.05, 0.1) is 6.54 Å². The van der Waals surface area contributed by atoms with E-state index in [2.05, 4.69) is 4.99 Å². The summed E-state index contributed by atoms with van der Waals surface area (Å²) in [6.45, 7) is 2.75. The van der Waals surface area contributed by atoms with E-state index in [1.54, 1.807) is 0 Å². The molecule has 0 aromatic heterocycles. The molecule has 0 saturated heterocycles. The Kier molecular flexibility index (Phi) is 2.23. The monoisotopic (exact) mass is 195 g/mol. The Morgan fingerprint density at radius 1 is 1.38 bits per heavy atom. The van der Waals surface area contributed by atoms with Gasteiger partial charge in [0.15, 0.2) is 0 Å². The number of benzene rings is 1. The fourth-order valence-electron chi connectivity index (χ4n) is 1.23.